The summed E-state index contributed by atoms with van der Waals surface area (Å²) in [6.45, 7) is 2.73. The normalized spacial score (nSPS) is 15.9. The molecule has 0 amide bonds. The van der Waals surface area contributed by atoms with E-state index in [9.17, 15) is 9.59 Å². The highest BCUT2D eigenvalue weighted by Crippen LogP contribution is 2.31. The van der Waals surface area contributed by atoms with E-state index in [2.05, 4.69) is 46.0 Å². The number of allylic oxidation sites excluding steroid dienone is 1. The zero-order valence-corrected chi connectivity index (χ0v) is 21.4. The maximum Gasteiger partial charge on any atom is 0.303 e. The molecule has 0 atom stereocenters. The van der Waals surface area contributed by atoms with Gasteiger partial charge in [-0.3, -0.25) is 14.6 Å². The number of carbonyl (C=O) groups is 2. The van der Waals surface area contributed by atoms with Crippen LogP contribution in [-0.2, 0) is 29.0 Å². The molecule has 194 valence electrons. The molecule has 1 aliphatic heterocycles. The summed E-state index contributed by atoms with van der Waals surface area (Å²) in [6.07, 6.45) is 14.9. The zero-order valence-electron chi connectivity index (χ0n) is 20.6. The first-order valence-electron chi connectivity index (χ1n) is 12.7. The first kappa shape index (κ1) is 27.7. The zero-order chi connectivity index (χ0) is 25.8. The van der Waals surface area contributed by atoms with E-state index in [-0.39, 0.29) is 12.8 Å². The Labute approximate surface area is 218 Å². The van der Waals surface area contributed by atoms with Crippen LogP contribution in [0.15, 0.2) is 36.5 Å². The molecule has 2 aliphatic rings. The smallest absolute Gasteiger partial charge is 0.303 e. The number of pyridine rings is 1. The number of hydrogen-bond acceptors (Lipinski definition) is 5. The van der Waals surface area contributed by atoms with Crippen LogP contribution in [-0.4, -0.2) is 40.2 Å². The lowest BCUT2D eigenvalue weighted by atomic mass is 9.89. The summed E-state index contributed by atoms with van der Waals surface area (Å²) >= 11 is 6.51. The molecule has 0 saturated heterocycles. The van der Waals surface area contributed by atoms with Crippen LogP contribution in [0.4, 0.5) is 5.69 Å². The van der Waals surface area contributed by atoms with Gasteiger partial charge < -0.3 is 20.8 Å². The third kappa shape index (κ3) is 9.28. The van der Waals surface area contributed by atoms with Gasteiger partial charge in [0.25, 0.3) is 0 Å². The number of benzene rings is 1. The van der Waals surface area contributed by atoms with Crippen LogP contribution >= 0.6 is 11.6 Å². The van der Waals surface area contributed by atoms with E-state index in [0.29, 0.717) is 6.54 Å². The third-order valence-corrected chi connectivity index (χ3v) is 6.85. The molecular weight excluding hydrogens is 478 g/mol. The van der Waals surface area contributed by atoms with Crippen molar-refractivity contribution >= 4 is 35.3 Å². The standard InChI is InChI=1S/C24H30ClN3.C4H6O4/c25-23-11-9-20-12-14-26-15-13-22(20)24(23)28-17-21-10-8-19(16-27-21)7-6-18-4-2-1-3-5-18;5-3(6)1-2-4(7)8/h6-11,16,18,26,28H,1-5,12-15,17H2;1-2H2,(H,5,6)(H,7,8)/b7-6-;. The number of aromatic nitrogens is 1. The molecule has 1 fully saturated rings. The molecule has 8 heteroatoms. The molecule has 2 aromatic rings. The van der Waals surface area contributed by atoms with E-state index in [1.807, 2.05) is 12.3 Å². The van der Waals surface area contributed by atoms with Gasteiger partial charge in [0.1, 0.15) is 0 Å². The molecule has 4 rings (SSSR count). The average Bonchev–Trinajstić information content (AvgIpc) is 3.13. The predicted octanol–water partition coefficient (Wildman–Crippen LogP) is 5.56. The summed E-state index contributed by atoms with van der Waals surface area (Å²) in [6, 6.07) is 8.47. The summed E-state index contributed by atoms with van der Waals surface area (Å²) in [7, 11) is 0. The van der Waals surface area contributed by atoms with Crippen LogP contribution in [0.1, 0.15) is 67.3 Å². The minimum atomic E-state index is -1.08. The van der Waals surface area contributed by atoms with Crippen LogP contribution in [0.25, 0.3) is 6.08 Å². The molecular formula is C28H36ClN3O4. The number of fused-ring (bicyclic) bond motifs is 1. The molecule has 4 N–H and O–H groups in total. The van der Waals surface area contributed by atoms with Crippen molar-refractivity contribution in [1.29, 1.82) is 0 Å². The quantitative estimate of drug-likeness (QED) is 0.365. The lowest BCUT2D eigenvalue weighted by molar-refractivity contribution is -0.143. The topological polar surface area (TPSA) is 112 Å². The van der Waals surface area contributed by atoms with Gasteiger partial charge in [-0.2, -0.15) is 0 Å². The fraction of sp³-hybridized carbons (Fsp3) is 0.464. The maximum absolute atomic E-state index is 9.64. The van der Waals surface area contributed by atoms with Gasteiger partial charge in [0, 0.05) is 6.20 Å². The number of anilines is 1. The van der Waals surface area contributed by atoms with Crippen molar-refractivity contribution in [2.75, 3.05) is 18.4 Å². The molecule has 1 aromatic carbocycles. The van der Waals surface area contributed by atoms with Gasteiger partial charge in [0.15, 0.2) is 0 Å². The van der Waals surface area contributed by atoms with Crippen LogP contribution in [0, 0.1) is 5.92 Å². The van der Waals surface area contributed by atoms with Gasteiger partial charge >= 0.3 is 11.9 Å². The van der Waals surface area contributed by atoms with E-state index in [0.717, 1.165) is 48.3 Å². The van der Waals surface area contributed by atoms with Gasteiger partial charge in [0.05, 0.1) is 35.8 Å². The summed E-state index contributed by atoms with van der Waals surface area (Å²) in [5.41, 5.74) is 6.05. The Morgan fingerprint density at radius 3 is 2.42 bits per heavy atom. The fourth-order valence-electron chi connectivity index (χ4n) is 4.54. The van der Waals surface area contributed by atoms with Crippen LogP contribution in [0.5, 0.6) is 0 Å². The summed E-state index contributed by atoms with van der Waals surface area (Å²) in [5.74, 6) is -1.40. The number of nitrogens with zero attached hydrogens (tertiary/aromatic N) is 1. The SMILES string of the molecule is Clc1ccc2c(c1NCc1ccc(/C=C\C3CCCCC3)cn1)CCNCC2.O=C(O)CCC(=O)O. The van der Waals surface area contributed by atoms with Gasteiger partial charge in [-0.25, -0.2) is 0 Å². The van der Waals surface area contributed by atoms with Crippen LogP contribution < -0.4 is 10.6 Å². The molecule has 1 saturated carbocycles. The van der Waals surface area contributed by atoms with E-state index >= 15 is 0 Å². The number of hydrogen-bond donors (Lipinski definition) is 4. The Hall–Kier alpha value is -2.90. The lowest BCUT2D eigenvalue weighted by Gasteiger charge is -2.17. The van der Waals surface area contributed by atoms with Crippen molar-refractivity contribution in [3.63, 3.8) is 0 Å². The van der Waals surface area contributed by atoms with Gasteiger partial charge in [0.2, 0.25) is 0 Å². The number of aliphatic carboxylic acids is 2. The van der Waals surface area contributed by atoms with Crippen LogP contribution in [0.3, 0.4) is 0 Å². The second-order valence-electron chi connectivity index (χ2n) is 9.29. The van der Waals surface area contributed by atoms with Crippen molar-refractivity contribution in [3.05, 3.63) is 63.9 Å². The monoisotopic (exact) mass is 513 g/mol. The lowest BCUT2D eigenvalue weighted by Crippen LogP contribution is -2.16. The Bertz CT molecular complexity index is 1020. The molecule has 0 spiro atoms. The van der Waals surface area contributed by atoms with Crippen molar-refractivity contribution in [2.24, 2.45) is 5.92 Å². The minimum Gasteiger partial charge on any atom is -0.481 e. The Morgan fingerprint density at radius 1 is 1.03 bits per heavy atom. The molecule has 0 unspecified atom stereocenters. The van der Waals surface area contributed by atoms with Gasteiger partial charge in [-0.05, 0) is 73.5 Å². The number of nitrogens with one attached hydrogen (secondary N) is 2. The van der Waals surface area contributed by atoms with Gasteiger partial charge in [-0.1, -0.05) is 55.1 Å². The van der Waals surface area contributed by atoms with E-state index in [1.165, 1.54) is 48.8 Å². The highest BCUT2D eigenvalue weighted by atomic mass is 35.5. The van der Waals surface area contributed by atoms with Crippen molar-refractivity contribution in [2.45, 2.75) is 64.3 Å². The van der Waals surface area contributed by atoms with Crippen molar-refractivity contribution < 1.29 is 19.8 Å². The highest BCUT2D eigenvalue weighted by Gasteiger charge is 2.15. The first-order chi connectivity index (χ1) is 17.4. The molecule has 0 bridgehead atoms. The second-order valence-corrected chi connectivity index (χ2v) is 9.70. The van der Waals surface area contributed by atoms with E-state index in [1.54, 1.807) is 0 Å². The Balaban J connectivity index is 0.000000392. The molecule has 7 nitrogen and oxygen atoms in total. The second kappa shape index (κ2) is 14.6. The summed E-state index contributed by atoms with van der Waals surface area (Å²) in [4.78, 5) is 23.9. The molecule has 0 radical (unpaired) electrons. The molecule has 1 aliphatic carbocycles. The van der Waals surface area contributed by atoms with E-state index < -0.39 is 11.9 Å². The number of rotatable bonds is 8. The third-order valence-electron chi connectivity index (χ3n) is 6.54. The van der Waals surface area contributed by atoms with E-state index in [4.69, 9.17) is 21.8 Å². The van der Waals surface area contributed by atoms with Gasteiger partial charge in [-0.15, -0.1) is 0 Å². The largest absolute Gasteiger partial charge is 0.481 e. The van der Waals surface area contributed by atoms with Crippen LogP contribution in [0.2, 0.25) is 5.02 Å². The fourth-order valence-corrected chi connectivity index (χ4v) is 4.78. The van der Waals surface area contributed by atoms with Crippen molar-refractivity contribution in [3.8, 4) is 0 Å². The number of carboxylic acid groups (broad SMARTS) is 2. The average molecular weight is 514 g/mol. The molecule has 1 aromatic heterocycles. The Kier molecular flexibility index (Phi) is 11.2. The Morgan fingerprint density at radius 2 is 1.75 bits per heavy atom. The highest BCUT2D eigenvalue weighted by molar-refractivity contribution is 6.33. The predicted molar refractivity (Wildman–Crippen MR) is 143 cm³/mol. The number of carboxylic acids is 2. The maximum atomic E-state index is 9.64. The molecule has 36 heavy (non-hydrogen) atoms. The summed E-state index contributed by atoms with van der Waals surface area (Å²) < 4.78 is 0. The number of halogens is 1. The molecule has 2 heterocycles. The first-order valence-corrected chi connectivity index (χ1v) is 13.1. The minimum absolute atomic E-state index is 0.296. The van der Waals surface area contributed by atoms with Crippen molar-refractivity contribution in [1.82, 2.24) is 10.3 Å². The summed E-state index contributed by atoms with van der Waals surface area (Å²) in [5, 5.41) is 23.6.